The zero-order valence-corrected chi connectivity index (χ0v) is 11.6. The van der Waals surface area contributed by atoms with Crippen LogP contribution in [0.4, 0.5) is 10.1 Å². The van der Waals surface area contributed by atoms with Crippen LogP contribution in [0.3, 0.4) is 0 Å². The first-order valence-electron chi connectivity index (χ1n) is 5.96. The molecular formula is C15H13ClFNO2. The van der Waals surface area contributed by atoms with Gasteiger partial charge in [0, 0.05) is 17.3 Å². The second kappa shape index (κ2) is 6.39. The molecule has 0 spiro atoms. The van der Waals surface area contributed by atoms with Gasteiger partial charge in [-0.05, 0) is 35.9 Å². The van der Waals surface area contributed by atoms with Crippen molar-refractivity contribution in [3.63, 3.8) is 0 Å². The topological polar surface area (TPSA) is 38.3 Å². The molecule has 0 fully saturated rings. The monoisotopic (exact) mass is 293 g/mol. The molecule has 0 unspecified atom stereocenters. The molecule has 0 saturated heterocycles. The van der Waals surface area contributed by atoms with Crippen LogP contribution in [0.15, 0.2) is 42.5 Å². The van der Waals surface area contributed by atoms with Gasteiger partial charge in [-0.3, -0.25) is 0 Å². The molecule has 0 atom stereocenters. The molecule has 1 N–H and O–H groups in total. The van der Waals surface area contributed by atoms with Gasteiger partial charge in [0.05, 0.1) is 12.7 Å². The molecule has 20 heavy (non-hydrogen) atoms. The van der Waals surface area contributed by atoms with Crippen LogP contribution in [0, 0.1) is 5.82 Å². The largest absolute Gasteiger partial charge is 0.465 e. The number of halogens is 2. The van der Waals surface area contributed by atoms with Crippen molar-refractivity contribution in [2.24, 2.45) is 0 Å². The number of benzene rings is 2. The molecule has 0 aliphatic heterocycles. The van der Waals surface area contributed by atoms with E-state index in [0.29, 0.717) is 17.3 Å². The van der Waals surface area contributed by atoms with Crippen LogP contribution in [0.25, 0.3) is 0 Å². The van der Waals surface area contributed by atoms with E-state index in [0.717, 1.165) is 5.56 Å². The van der Waals surface area contributed by atoms with Crippen LogP contribution in [-0.2, 0) is 11.3 Å². The van der Waals surface area contributed by atoms with Crippen LogP contribution in [0.5, 0.6) is 0 Å². The number of ether oxygens (including phenoxy) is 1. The van der Waals surface area contributed by atoms with Crippen LogP contribution < -0.4 is 5.32 Å². The molecule has 0 radical (unpaired) electrons. The summed E-state index contributed by atoms with van der Waals surface area (Å²) in [6.45, 7) is 0.521. The highest BCUT2D eigenvalue weighted by Crippen LogP contribution is 2.17. The summed E-state index contributed by atoms with van der Waals surface area (Å²) >= 11 is 5.89. The lowest BCUT2D eigenvalue weighted by molar-refractivity contribution is 0.0595. The quantitative estimate of drug-likeness (QED) is 0.870. The number of methoxy groups -OCH3 is 1. The Bertz CT molecular complexity index is 631. The predicted octanol–water partition coefficient (Wildman–Crippen LogP) is 3.88. The highest BCUT2D eigenvalue weighted by molar-refractivity contribution is 6.30. The third-order valence-corrected chi connectivity index (χ3v) is 2.99. The first kappa shape index (κ1) is 14.3. The Hall–Kier alpha value is -2.07. The fraction of sp³-hybridized carbons (Fsp3) is 0.133. The molecule has 0 heterocycles. The number of hydrogen-bond acceptors (Lipinski definition) is 3. The van der Waals surface area contributed by atoms with E-state index in [2.05, 4.69) is 10.1 Å². The van der Waals surface area contributed by atoms with Gasteiger partial charge in [0.1, 0.15) is 5.82 Å². The summed E-state index contributed by atoms with van der Waals surface area (Å²) in [5.41, 5.74) is 1.52. The minimum atomic E-state index is -0.700. The fourth-order valence-corrected chi connectivity index (χ4v) is 1.97. The SMILES string of the molecule is COC(=O)c1cc(NCc2cccc(Cl)c2)ccc1F. The average molecular weight is 294 g/mol. The normalized spacial score (nSPS) is 10.2. The number of rotatable bonds is 4. The first-order chi connectivity index (χ1) is 9.60. The number of esters is 1. The Balaban J connectivity index is 2.12. The number of hydrogen-bond donors (Lipinski definition) is 1. The summed E-state index contributed by atoms with van der Waals surface area (Å²) in [6.07, 6.45) is 0. The van der Waals surface area contributed by atoms with Crippen molar-refractivity contribution in [3.8, 4) is 0 Å². The van der Waals surface area contributed by atoms with E-state index in [-0.39, 0.29) is 5.56 Å². The number of anilines is 1. The molecule has 0 amide bonds. The number of carbonyl (C=O) groups excluding carboxylic acids is 1. The Labute approximate surface area is 121 Å². The molecule has 0 aliphatic rings. The molecule has 2 aromatic carbocycles. The highest BCUT2D eigenvalue weighted by Gasteiger charge is 2.12. The molecule has 0 aliphatic carbocycles. The van der Waals surface area contributed by atoms with E-state index < -0.39 is 11.8 Å². The summed E-state index contributed by atoms with van der Waals surface area (Å²) in [4.78, 5) is 11.4. The van der Waals surface area contributed by atoms with Gasteiger partial charge < -0.3 is 10.1 Å². The lowest BCUT2D eigenvalue weighted by atomic mass is 10.1. The van der Waals surface area contributed by atoms with E-state index in [1.54, 1.807) is 12.1 Å². The van der Waals surface area contributed by atoms with Crippen molar-refractivity contribution in [2.75, 3.05) is 12.4 Å². The van der Waals surface area contributed by atoms with Crippen molar-refractivity contribution < 1.29 is 13.9 Å². The van der Waals surface area contributed by atoms with Crippen LogP contribution in [0.1, 0.15) is 15.9 Å². The van der Waals surface area contributed by atoms with Crippen molar-refractivity contribution >= 4 is 23.3 Å². The minimum Gasteiger partial charge on any atom is -0.465 e. The van der Waals surface area contributed by atoms with E-state index in [1.165, 1.54) is 19.2 Å². The second-order valence-electron chi connectivity index (χ2n) is 4.17. The van der Waals surface area contributed by atoms with Gasteiger partial charge in [0.25, 0.3) is 0 Å². The van der Waals surface area contributed by atoms with Gasteiger partial charge >= 0.3 is 5.97 Å². The molecule has 0 bridgehead atoms. The van der Waals surface area contributed by atoms with E-state index in [1.807, 2.05) is 18.2 Å². The van der Waals surface area contributed by atoms with Gasteiger partial charge in [-0.1, -0.05) is 23.7 Å². The molecule has 3 nitrogen and oxygen atoms in total. The zero-order valence-electron chi connectivity index (χ0n) is 10.8. The van der Waals surface area contributed by atoms with Gasteiger partial charge in [-0.2, -0.15) is 0 Å². The third-order valence-electron chi connectivity index (χ3n) is 2.76. The van der Waals surface area contributed by atoms with Crippen molar-refractivity contribution in [1.29, 1.82) is 0 Å². The summed E-state index contributed by atoms with van der Waals surface area (Å²) < 4.78 is 18.0. The maximum absolute atomic E-state index is 13.5. The Kier molecular flexibility index (Phi) is 4.58. The summed E-state index contributed by atoms with van der Waals surface area (Å²) in [6, 6.07) is 11.6. The smallest absolute Gasteiger partial charge is 0.340 e. The zero-order chi connectivity index (χ0) is 14.5. The molecular weight excluding hydrogens is 281 g/mol. The fourth-order valence-electron chi connectivity index (χ4n) is 1.75. The number of nitrogens with one attached hydrogen (secondary N) is 1. The van der Waals surface area contributed by atoms with Gasteiger partial charge in [0.2, 0.25) is 0 Å². The second-order valence-corrected chi connectivity index (χ2v) is 4.61. The van der Waals surface area contributed by atoms with Crippen LogP contribution >= 0.6 is 11.6 Å². The molecule has 0 saturated carbocycles. The Morgan fingerprint density at radius 1 is 1.30 bits per heavy atom. The minimum absolute atomic E-state index is 0.0939. The van der Waals surface area contributed by atoms with Gasteiger partial charge in [0.15, 0.2) is 0 Å². The van der Waals surface area contributed by atoms with E-state index in [4.69, 9.17) is 11.6 Å². The lowest BCUT2D eigenvalue weighted by Gasteiger charge is -2.09. The third kappa shape index (κ3) is 3.48. The maximum Gasteiger partial charge on any atom is 0.340 e. The molecule has 2 aromatic rings. The molecule has 0 aromatic heterocycles. The predicted molar refractivity (Wildman–Crippen MR) is 76.5 cm³/mol. The Morgan fingerprint density at radius 2 is 2.10 bits per heavy atom. The van der Waals surface area contributed by atoms with Crippen LogP contribution in [-0.4, -0.2) is 13.1 Å². The highest BCUT2D eigenvalue weighted by atomic mass is 35.5. The van der Waals surface area contributed by atoms with Gasteiger partial charge in [-0.15, -0.1) is 0 Å². The molecule has 2 rings (SSSR count). The first-order valence-corrected chi connectivity index (χ1v) is 6.34. The van der Waals surface area contributed by atoms with Gasteiger partial charge in [-0.25, -0.2) is 9.18 Å². The molecule has 104 valence electrons. The van der Waals surface area contributed by atoms with Crippen molar-refractivity contribution in [3.05, 3.63) is 64.4 Å². The summed E-state index contributed by atoms with van der Waals surface area (Å²) in [7, 11) is 1.22. The summed E-state index contributed by atoms with van der Waals surface area (Å²) in [5, 5.41) is 3.75. The van der Waals surface area contributed by atoms with Crippen LogP contribution in [0.2, 0.25) is 5.02 Å². The average Bonchev–Trinajstić information content (AvgIpc) is 2.45. The summed E-state index contributed by atoms with van der Waals surface area (Å²) in [5.74, 6) is -1.31. The van der Waals surface area contributed by atoms with E-state index >= 15 is 0 Å². The standard InChI is InChI=1S/C15H13ClFNO2/c1-20-15(19)13-8-12(5-6-14(13)17)18-9-10-3-2-4-11(16)7-10/h2-8,18H,9H2,1H3. The van der Waals surface area contributed by atoms with Crippen molar-refractivity contribution in [2.45, 2.75) is 6.54 Å². The Morgan fingerprint density at radius 3 is 2.80 bits per heavy atom. The number of carbonyl (C=O) groups is 1. The van der Waals surface area contributed by atoms with E-state index in [9.17, 15) is 9.18 Å². The van der Waals surface area contributed by atoms with Crippen molar-refractivity contribution in [1.82, 2.24) is 0 Å². The maximum atomic E-state index is 13.5. The lowest BCUT2D eigenvalue weighted by Crippen LogP contribution is -2.06. The molecule has 5 heteroatoms.